The van der Waals surface area contributed by atoms with Crippen molar-refractivity contribution < 1.29 is 13.6 Å². The fourth-order valence-electron chi connectivity index (χ4n) is 4.10. The Bertz CT molecular complexity index is 1180. The van der Waals surface area contributed by atoms with Crippen molar-refractivity contribution in [2.24, 2.45) is 13.0 Å². The first kappa shape index (κ1) is 21.5. The molecule has 0 saturated heterocycles. The molecule has 3 aromatic rings. The summed E-state index contributed by atoms with van der Waals surface area (Å²) < 4.78 is 28.0. The Balaban J connectivity index is 1.62. The fourth-order valence-corrected chi connectivity index (χ4v) is 4.10. The van der Waals surface area contributed by atoms with Gasteiger partial charge in [0, 0.05) is 18.4 Å². The molecule has 0 aliphatic heterocycles. The number of anilines is 1. The number of halogens is 2. The summed E-state index contributed by atoms with van der Waals surface area (Å²) in [7, 11) is 1.66. The molecule has 1 aliphatic rings. The van der Waals surface area contributed by atoms with Crippen LogP contribution in [0.5, 0.6) is 0 Å². The summed E-state index contributed by atoms with van der Waals surface area (Å²) in [5.74, 6) is -3.76. The van der Waals surface area contributed by atoms with E-state index in [1.54, 1.807) is 44.3 Å². The van der Waals surface area contributed by atoms with Crippen LogP contribution in [0.15, 0.2) is 36.4 Å². The molecule has 2 heterocycles. The van der Waals surface area contributed by atoms with Crippen LogP contribution in [0.3, 0.4) is 0 Å². The zero-order valence-electron chi connectivity index (χ0n) is 17.6. The summed E-state index contributed by atoms with van der Waals surface area (Å²) in [5.41, 5.74) is 2.23. The number of hydrogen-bond donors (Lipinski definition) is 1. The van der Waals surface area contributed by atoms with Gasteiger partial charge in [0.2, 0.25) is 17.7 Å². The second kappa shape index (κ2) is 8.42. The van der Waals surface area contributed by atoms with Crippen LogP contribution in [-0.4, -0.2) is 37.0 Å². The minimum atomic E-state index is -2.78. The summed E-state index contributed by atoms with van der Waals surface area (Å²) in [4.78, 5) is 18.8. The van der Waals surface area contributed by atoms with Gasteiger partial charge in [0.05, 0.1) is 24.2 Å². The number of benzene rings is 1. The van der Waals surface area contributed by atoms with E-state index in [2.05, 4.69) is 25.7 Å². The molecule has 2 atom stereocenters. The number of carbonyl (C=O) groups is 1. The molecule has 1 amide bonds. The highest BCUT2D eigenvalue weighted by atomic mass is 19.3. The van der Waals surface area contributed by atoms with Crippen molar-refractivity contribution in [3.63, 3.8) is 0 Å². The quantitative estimate of drug-likeness (QED) is 0.653. The lowest BCUT2D eigenvalue weighted by Crippen LogP contribution is -2.28. The molecular weight excluding hydrogens is 416 g/mol. The first-order chi connectivity index (χ1) is 15.3. The predicted octanol–water partition coefficient (Wildman–Crippen LogP) is 3.61. The van der Waals surface area contributed by atoms with Crippen molar-refractivity contribution in [1.82, 2.24) is 25.2 Å². The third kappa shape index (κ3) is 4.46. The average Bonchev–Trinajstić information content (AvgIpc) is 3.34. The van der Waals surface area contributed by atoms with Gasteiger partial charge in [-0.1, -0.05) is 24.3 Å². The van der Waals surface area contributed by atoms with E-state index in [0.717, 1.165) is 0 Å². The van der Waals surface area contributed by atoms with E-state index in [0.29, 0.717) is 28.2 Å². The zero-order chi connectivity index (χ0) is 22.9. The number of tetrazole rings is 1. The Morgan fingerprint density at radius 3 is 2.59 bits per heavy atom. The molecule has 0 unspecified atom stereocenters. The Labute approximate surface area is 183 Å². The third-order valence-electron chi connectivity index (χ3n) is 5.69. The largest absolute Gasteiger partial charge is 0.310 e. The number of alkyl halides is 2. The maximum absolute atomic E-state index is 14.0. The van der Waals surface area contributed by atoms with Crippen molar-refractivity contribution in [2.45, 2.75) is 38.0 Å². The number of hydrogen-bond acceptors (Lipinski definition) is 6. The topological polar surface area (TPSA) is 109 Å². The Hall–Kier alpha value is -3.74. The lowest BCUT2D eigenvalue weighted by molar-refractivity contribution is -0.118. The van der Waals surface area contributed by atoms with Crippen molar-refractivity contribution in [3.8, 4) is 17.5 Å². The molecule has 2 aromatic heterocycles. The molecule has 1 N–H and O–H groups in total. The summed E-state index contributed by atoms with van der Waals surface area (Å²) in [5, 5.41) is 23.7. The summed E-state index contributed by atoms with van der Waals surface area (Å²) >= 11 is 0. The van der Waals surface area contributed by atoms with Crippen LogP contribution in [0, 0.1) is 24.2 Å². The van der Waals surface area contributed by atoms with Crippen molar-refractivity contribution in [1.29, 1.82) is 5.26 Å². The van der Waals surface area contributed by atoms with Gasteiger partial charge in [-0.3, -0.25) is 4.79 Å². The Morgan fingerprint density at radius 2 is 2.03 bits per heavy atom. The summed E-state index contributed by atoms with van der Waals surface area (Å²) in [6.45, 7) is 1.67. The maximum Gasteiger partial charge on any atom is 0.248 e. The van der Waals surface area contributed by atoms with Gasteiger partial charge in [-0.25, -0.2) is 13.8 Å². The van der Waals surface area contributed by atoms with Crippen LogP contribution >= 0.6 is 0 Å². The van der Waals surface area contributed by atoms with Crippen molar-refractivity contribution in [2.75, 3.05) is 5.32 Å². The molecule has 8 nitrogen and oxygen atoms in total. The van der Waals surface area contributed by atoms with E-state index in [1.807, 2.05) is 6.07 Å². The van der Waals surface area contributed by atoms with Crippen LogP contribution in [0.1, 0.15) is 42.0 Å². The third-order valence-corrected chi connectivity index (χ3v) is 5.69. The molecule has 1 aliphatic carbocycles. The standard InChI is InChI=1S/C22H21F2N7O/c1-13-17(12-25)7-8-18(26-13)27-21(32)19(16-9-10-22(23,24)11-16)14-3-5-15(6-4-14)20-28-30-31(2)29-20/h3-8,16,19H,9-11H2,1-2H3,(H,26,27,32)/t16-,19+/m0/s1. The Morgan fingerprint density at radius 1 is 1.28 bits per heavy atom. The number of aromatic nitrogens is 5. The number of rotatable bonds is 5. The van der Waals surface area contributed by atoms with Gasteiger partial charge in [0.25, 0.3) is 0 Å². The second-order valence-corrected chi connectivity index (χ2v) is 7.99. The van der Waals surface area contributed by atoms with Gasteiger partial charge < -0.3 is 5.32 Å². The molecule has 4 rings (SSSR count). The zero-order valence-corrected chi connectivity index (χ0v) is 17.6. The summed E-state index contributed by atoms with van der Waals surface area (Å²) in [6, 6.07) is 12.1. The molecule has 0 bridgehead atoms. The van der Waals surface area contributed by atoms with E-state index in [-0.39, 0.29) is 25.1 Å². The first-order valence-corrected chi connectivity index (χ1v) is 10.2. The minimum Gasteiger partial charge on any atom is -0.310 e. The van der Waals surface area contributed by atoms with E-state index in [1.165, 1.54) is 10.9 Å². The van der Waals surface area contributed by atoms with E-state index in [4.69, 9.17) is 5.26 Å². The number of nitriles is 1. The number of pyridine rings is 1. The molecule has 164 valence electrons. The molecule has 1 aromatic carbocycles. The molecule has 0 spiro atoms. The highest BCUT2D eigenvalue weighted by Crippen LogP contribution is 2.46. The number of carbonyl (C=O) groups excluding carboxylic acids is 1. The van der Waals surface area contributed by atoms with Gasteiger partial charge >= 0.3 is 0 Å². The van der Waals surface area contributed by atoms with Gasteiger partial charge in [-0.15, -0.1) is 10.2 Å². The molecule has 32 heavy (non-hydrogen) atoms. The minimum absolute atomic E-state index is 0.239. The van der Waals surface area contributed by atoms with Crippen LogP contribution < -0.4 is 5.32 Å². The van der Waals surface area contributed by atoms with Crippen LogP contribution in [-0.2, 0) is 11.8 Å². The highest BCUT2D eigenvalue weighted by molar-refractivity contribution is 5.95. The number of aryl methyl sites for hydroxylation is 2. The van der Waals surface area contributed by atoms with Crippen LogP contribution in [0.2, 0.25) is 0 Å². The van der Waals surface area contributed by atoms with E-state index in [9.17, 15) is 13.6 Å². The predicted molar refractivity (Wildman–Crippen MR) is 112 cm³/mol. The van der Waals surface area contributed by atoms with Gasteiger partial charge in [0.1, 0.15) is 11.9 Å². The molecular formula is C22H21F2N7O. The van der Waals surface area contributed by atoms with Crippen molar-refractivity contribution in [3.05, 3.63) is 53.2 Å². The van der Waals surface area contributed by atoms with E-state index < -0.39 is 23.7 Å². The SMILES string of the molecule is Cc1nc(NC(=O)[C@H](c2ccc(-c3nnn(C)n3)cc2)[C@H]2CCC(F)(F)C2)ccc1C#N. The number of amides is 1. The second-order valence-electron chi connectivity index (χ2n) is 7.99. The molecule has 1 saturated carbocycles. The Kier molecular flexibility index (Phi) is 5.65. The maximum atomic E-state index is 14.0. The highest BCUT2D eigenvalue weighted by Gasteiger charge is 2.45. The number of nitrogens with one attached hydrogen (secondary N) is 1. The molecule has 10 heteroatoms. The smallest absolute Gasteiger partial charge is 0.248 e. The van der Waals surface area contributed by atoms with Gasteiger partial charge in [-0.05, 0) is 42.2 Å². The monoisotopic (exact) mass is 437 g/mol. The lowest BCUT2D eigenvalue weighted by atomic mass is 9.83. The first-order valence-electron chi connectivity index (χ1n) is 10.2. The molecule has 0 radical (unpaired) electrons. The fraction of sp³-hybridized carbons (Fsp3) is 0.364. The van der Waals surface area contributed by atoms with Crippen LogP contribution in [0.25, 0.3) is 11.4 Å². The average molecular weight is 437 g/mol. The van der Waals surface area contributed by atoms with Gasteiger partial charge in [0.15, 0.2) is 0 Å². The van der Waals surface area contributed by atoms with Crippen LogP contribution in [0.4, 0.5) is 14.6 Å². The van der Waals surface area contributed by atoms with Gasteiger partial charge in [-0.2, -0.15) is 10.1 Å². The van der Waals surface area contributed by atoms with E-state index >= 15 is 0 Å². The molecule has 1 fully saturated rings. The normalized spacial score (nSPS) is 18.2. The number of nitrogens with zero attached hydrogens (tertiary/aromatic N) is 6. The van der Waals surface area contributed by atoms with Crippen molar-refractivity contribution >= 4 is 11.7 Å². The lowest BCUT2D eigenvalue weighted by Gasteiger charge is -2.23. The summed E-state index contributed by atoms with van der Waals surface area (Å²) in [6.07, 6.45) is -0.339.